The number of allylic oxidation sites excluding steroid dienone is 1. The van der Waals surface area contributed by atoms with Crippen LogP contribution in [0.25, 0.3) is 0 Å². The van der Waals surface area contributed by atoms with E-state index in [2.05, 4.69) is 11.7 Å². The number of ether oxygens (including phenoxy) is 1. The molecule has 0 aromatic carbocycles. The molecule has 76 valence electrons. The van der Waals surface area contributed by atoms with Crippen molar-refractivity contribution in [3.63, 3.8) is 0 Å². The number of hydrogen-bond donors (Lipinski definition) is 0. The molecule has 0 saturated heterocycles. The molecule has 0 N–H and O–H groups in total. The molecule has 1 aromatic heterocycles. The summed E-state index contributed by atoms with van der Waals surface area (Å²) in [5.74, 6) is -0.322. The number of nitrogens with zero attached hydrogens (tertiary/aromatic N) is 2. The summed E-state index contributed by atoms with van der Waals surface area (Å²) < 4.78 is 6.56. The fourth-order valence-electron chi connectivity index (χ4n) is 1.22. The van der Waals surface area contributed by atoms with Crippen molar-refractivity contribution >= 4 is 5.97 Å². The minimum atomic E-state index is -0.322. The maximum Gasteiger partial charge on any atom is 0.341 e. The predicted octanol–water partition coefficient (Wildman–Crippen LogP) is 1.33. The molecule has 0 unspecified atom stereocenters. The van der Waals surface area contributed by atoms with Gasteiger partial charge in [-0.1, -0.05) is 6.08 Å². The van der Waals surface area contributed by atoms with Gasteiger partial charge in [-0.3, -0.25) is 4.68 Å². The summed E-state index contributed by atoms with van der Waals surface area (Å²) in [6, 6.07) is 0. The smallest absolute Gasteiger partial charge is 0.341 e. The van der Waals surface area contributed by atoms with E-state index in [1.807, 2.05) is 0 Å². The fraction of sp³-hybridized carbons (Fsp3) is 0.400. The molecule has 14 heavy (non-hydrogen) atoms. The summed E-state index contributed by atoms with van der Waals surface area (Å²) in [5.41, 5.74) is 1.35. The maximum atomic E-state index is 11.4. The van der Waals surface area contributed by atoms with Crippen LogP contribution in [0.3, 0.4) is 0 Å². The van der Waals surface area contributed by atoms with Gasteiger partial charge >= 0.3 is 5.97 Å². The number of esters is 1. The van der Waals surface area contributed by atoms with Crippen molar-refractivity contribution in [1.82, 2.24) is 9.78 Å². The summed E-state index contributed by atoms with van der Waals surface area (Å²) in [6.45, 7) is 5.79. The third-order valence-corrected chi connectivity index (χ3v) is 1.89. The molecule has 0 aliphatic heterocycles. The van der Waals surface area contributed by atoms with Gasteiger partial charge in [0.25, 0.3) is 0 Å². The van der Waals surface area contributed by atoms with Gasteiger partial charge in [-0.25, -0.2) is 4.79 Å². The zero-order valence-corrected chi connectivity index (χ0v) is 8.49. The van der Waals surface area contributed by atoms with Crippen LogP contribution in [0.15, 0.2) is 18.9 Å². The minimum Gasteiger partial charge on any atom is -0.462 e. The van der Waals surface area contributed by atoms with Gasteiger partial charge in [0.05, 0.1) is 18.5 Å². The summed E-state index contributed by atoms with van der Waals surface area (Å²) in [6.07, 6.45) is 3.88. The molecule has 0 fully saturated rings. The Balaban J connectivity index is 2.95. The van der Waals surface area contributed by atoms with Crippen LogP contribution in [0.2, 0.25) is 0 Å². The number of carbonyl (C=O) groups is 1. The molecule has 1 rings (SSSR count). The molecule has 0 aliphatic carbocycles. The number of hydrogen-bond acceptors (Lipinski definition) is 3. The Kier molecular flexibility index (Phi) is 3.45. The summed E-state index contributed by atoms with van der Waals surface area (Å²) in [7, 11) is 1.79. The molecule has 1 heterocycles. The Morgan fingerprint density at radius 3 is 3.07 bits per heavy atom. The number of carbonyl (C=O) groups excluding carboxylic acids is 1. The van der Waals surface area contributed by atoms with Crippen LogP contribution in [0.1, 0.15) is 23.0 Å². The van der Waals surface area contributed by atoms with E-state index in [4.69, 9.17) is 4.74 Å². The topological polar surface area (TPSA) is 44.1 Å². The fourth-order valence-corrected chi connectivity index (χ4v) is 1.22. The first kappa shape index (κ1) is 10.5. The van der Waals surface area contributed by atoms with Crippen LogP contribution in [0.5, 0.6) is 0 Å². The number of rotatable bonds is 4. The molecule has 1 aromatic rings. The summed E-state index contributed by atoms with van der Waals surface area (Å²) >= 11 is 0. The van der Waals surface area contributed by atoms with E-state index in [1.54, 1.807) is 24.7 Å². The monoisotopic (exact) mass is 194 g/mol. The van der Waals surface area contributed by atoms with Crippen LogP contribution in [0, 0.1) is 0 Å². The average Bonchev–Trinajstić information content (AvgIpc) is 2.50. The van der Waals surface area contributed by atoms with E-state index in [-0.39, 0.29) is 5.97 Å². The Morgan fingerprint density at radius 2 is 2.50 bits per heavy atom. The van der Waals surface area contributed by atoms with Gasteiger partial charge < -0.3 is 4.74 Å². The Morgan fingerprint density at radius 1 is 1.79 bits per heavy atom. The number of aromatic nitrogens is 2. The van der Waals surface area contributed by atoms with Crippen molar-refractivity contribution in [2.24, 2.45) is 7.05 Å². The maximum absolute atomic E-state index is 11.4. The van der Waals surface area contributed by atoms with Crippen molar-refractivity contribution < 1.29 is 9.53 Å². The third-order valence-electron chi connectivity index (χ3n) is 1.89. The molecule has 0 radical (unpaired) electrons. The first-order valence-corrected chi connectivity index (χ1v) is 4.49. The van der Waals surface area contributed by atoms with Crippen LogP contribution in [0.4, 0.5) is 0 Å². The highest BCUT2D eigenvalue weighted by atomic mass is 16.5. The lowest BCUT2D eigenvalue weighted by Gasteiger charge is -2.02. The molecule has 0 aliphatic rings. The molecular weight excluding hydrogens is 180 g/mol. The van der Waals surface area contributed by atoms with E-state index >= 15 is 0 Å². The second-order valence-corrected chi connectivity index (χ2v) is 2.84. The zero-order valence-electron chi connectivity index (χ0n) is 8.49. The molecule has 0 amide bonds. The first-order valence-electron chi connectivity index (χ1n) is 4.49. The Bertz CT molecular complexity index is 342. The Hall–Kier alpha value is -1.58. The lowest BCUT2D eigenvalue weighted by atomic mass is 10.2. The highest BCUT2D eigenvalue weighted by molar-refractivity contribution is 5.90. The molecule has 0 spiro atoms. The van der Waals surface area contributed by atoms with Crippen molar-refractivity contribution in [2.75, 3.05) is 6.61 Å². The van der Waals surface area contributed by atoms with E-state index in [0.717, 1.165) is 5.69 Å². The van der Waals surface area contributed by atoms with Crippen molar-refractivity contribution in [1.29, 1.82) is 0 Å². The van der Waals surface area contributed by atoms with Gasteiger partial charge in [0.2, 0.25) is 0 Å². The normalized spacial score (nSPS) is 9.86. The zero-order chi connectivity index (χ0) is 10.6. The van der Waals surface area contributed by atoms with E-state index in [0.29, 0.717) is 18.6 Å². The largest absolute Gasteiger partial charge is 0.462 e. The SMILES string of the molecule is C=CCc1c(C(=O)OCC)cnn1C. The molecule has 0 bridgehead atoms. The van der Waals surface area contributed by atoms with Gasteiger partial charge in [-0.15, -0.1) is 6.58 Å². The second kappa shape index (κ2) is 4.60. The standard InChI is InChI=1S/C10H14N2O2/c1-4-6-9-8(7-11-12(9)3)10(13)14-5-2/h4,7H,1,5-6H2,2-3H3. The highest BCUT2D eigenvalue weighted by Gasteiger charge is 2.15. The number of aryl methyl sites for hydroxylation is 1. The quantitative estimate of drug-likeness (QED) is 0.536. The van der Waals surface area contributed by atoms with E-state index in [9.17, 15) is 4.79 Å². The van der Waals surface area contributed by atoms with E-state index < -0.39 is 0 Å². The summed E-state index contributed by atoms with van der Waals surface area (Å²) in [5, 5.41) is 4.01. The Labute approximate surface area is 83.2 Å². The van der Waals surface area contributed by atoms with E-state index in [1.165, 1.54) is 6.20 Å². The molecular formula is C10H14N2O2. The van der Waals surface area contributed by atoms with Gasteiger partial charge in [-0.05, 0) is 6.92 Å². The minimum absolute atomic E-state index is 0.322. The van der Waals surface area contributed by atoms with Gasteiger partial charge in [-0.2, -0.15) is 5.10 Å². The van der Waals surface area contributed by atoms with Gasteiger partial charge in [0, 0.05) is 13.5 Å². The highest BCUT2D eigenvalue weighted by Crippen LogP contribution is 2.10. The van der Waals surface area contributed by atoms with Crippen LogP contribution < -0.4 is 0 Å². The molecule has 4 heteroatoms. The van der Waals surface area contributed by atoms with Crippen LogP contribution in [-0.2, 0) is 18.2 Å². The predicted molar refractivity (Wildman–Crippen MR) is 53.1 cm³/mol. The lowest BCUT2D eigenvalue weighted by molar-refractivity contribution is 0.0525. The van der Waals surface area contributed by atoms with Crippen molar-refractivity contribution in [3.05, 3.63) is 30.1 Å². The molecule has 0 saturated carbocycles. The molecule has 0 atom stereocenters. The molecule has 4 nitrogen and oxygen atoms in total. The van der Waals surface area contributed by atoms with Crippen LogP contribution in [-0.4, -0.2) is 22.4 Å². The average molecular weight is 194 g/mol. The van der Waals surface area contributed by atoms with Crippen LogP contribution >= 0.6 is 0 Å². The van der Waals surface area contributed by atoms with Crippen molar-refractivity contribution in [2.45, 2.75) is 13.3 Å². The third kappa shape index (κ3) is 2.02. The van der Waals surface area contributed by atoms with Gasteiger partial charge in [0.1, 0.15) is 5.56 Å². The second-order valence-electron chi connectivity index (χ2n) is 2.84. The summed E-state index contributed by atoms with van der Waals surface area (Å²) in [4.78, 5) is 11.4. The van der Waals surface area contributed by atoms with Gasteiger partial charge in [0.15, 0.2) is 0 Å². The lowest BCUT2D eigenvalue weighted by Crippen LogP contribution is -2.08. The first-order chi connectivity index (χ1) is 6.70. The van der Waals surface area contributed by atoms with Crippen molar-refractivity contribution in [3.8, 4) is 0 Å².